The van der Waals surface area contributed by atoms with Crippen molar-refractivity contribution in [3.8, 4) is 0 Å². The molecule has 2 fully saturated rings. The number of nitrogens with one attached hydrogen (secondary N) is 2. The second kappa shape index (κ2) is 7.36. The number of carboxylic acid groups (broad SMARTS) is 1. The normalized spacial score (nSPS) is 19.7. The largest absolute Gasteiger partial charge is 0.481 e. The Morgan fingerprint density at radius 2 is 1.85 bits per heavy atom. The Morgan fingerprint density at radius 3 is 2.42 bits per heavy atom. The molecular formula is C18H24N2O5S. The van der Waals surface area contributed by atoms with Gasteiger partial charge in [0.25, 0.3) is 5.91 Å². The minimum absolute atomic E-state index is 0.0497. The maximum absolute atomic E-state index is 12.5. The van der Waals surface area contributed by atoms with E-state index in [2.05, 4.69) is 10.0 Å². The number of sulfonamides is 1. The lowest BCUT2D eigenvalue weighted by Crippen LogP contribution is -2.54. The van der Waals surface area contributed by atoms with Crippen molar-refractivity contribution < 1.29 is 23.1 Å². The molecule has 142 valence electrons. The van der Waals surface area contributed by atoms with Gasteiger partial charge in [0.2, 0.25) is 10.0 Å². The van der Waals surface area contributed by atoms with Crippen LogP contribution >= 0.6 is 0 Å². The Hall–Kier alpha value is -1.93. The molecule has 1 amide bonds. The van der Waals surface area contributed by atoms with Crippen LogP contribution in [0.15, 0.2) is 29.2 Å². The molecule has 2 aliphatic rings. The van der Waals surface area contributed by atoms with Crippen molar-refractivity contribution >= 4 is 21.9 Å². The van der Waals surface area contributed by atoms with E-state index in [4.69, 9.17) is 5.11 Å². The van der Waals surface area contributed by atoms with Gasteiger partial charge >= 0.3 is 5.97 Å². The quantitative estimate of drug-likeness (QED) is 0.670. The highest BCUT2D eigenvalue weighted by Crippen LogP contribution is 2.35. The Labute approximate surface area is 153 Å². The van der Waals surface area contributed by atoms with Gasteiger partial charge in [0.15, 0.2) is 0 Å². The van der Waals surface area contributed by atoms with Crippen LogP contribution in [0.4, 0.5) is 0 Å². The van der Waals surface area contributed by atoms with Gasteiger partial charge in [0, 0.05) is 11.6 Å². The molecule has 0 heterocycles. The number of hydrogen-bond donors (Lipinski definition) is 3. The van der Waals surface area contributed by atoms with E-state index in [0.29, 0.717) is 12.8 Å². The van der Waals surface area contributed by atoms with Gasteiger partial charge in [0.05, 0.1) is 16.9 Å². The second-order valence-corrected chi connectivity index (χ2v) is 9.00. The van der Waals surface area contributed by atoms with E-state index in [-0.39, 0.29) is 22.9 Å². The highest BCUT2D eigenvalue weighted by atomic mass is 32.2. The number of aliphatic carboxylic acids is 1. The minimum Gasteiger partial charge on any atom is -0.481 e. The van der Waals surface area contributed by atoms with Crippen LogP contribution in [-0.4, -0.2) is 37.0 Å². The van der Waals surface area contributed by atoms with Crippen molar-refractivity contribution in [2.45, 2.75) is 67.8 Å². The third-order valence-corrected chi connectivity index (χ3v) is 6.78. The molecule has 0 spiro atoms. The van der Waals surface area contributed by atoms with Crippen LogP contribution in [0, 0.1) is 0 Å². The Kier molecular flexibility index (Phi) is 5.34. The van der Waals surface area contributed by atoms with Crippen molar-refractivity contribution in [1.82, 2.24) is 10.0 Å². The van der Waals surface area contributed by atoms with Gasteiger partial charge in [-0.05, 0) is 50.3 Å². The number of amides is 1. The van der Waals surface area contributed by atoms with Gasteiger partial charge in [-0.3, -0.25) is 9.59 Å². The first-order valence-electron chi connectivity index (χ1n) is 8.96. The fourth-order valence-electron chi connectivity index (χ4n) is 3.69. The first kappa shape index (κ1) is 18.8. The first-order valence-corrected chi connectivity index (χ1v) is 10.4. The predicted molar refractivity (Wildman–Crippen MR) is 95.3 cm³/mol. The zero-order valence-electron chi connectivity index (χ0n) is 14.5. The molecule has 0 bridgehead atoms. The maximum atomic E-state index is 12.5. The average molecular weight is 380 g/mol. The van der Waals surface area contributed by atoms with Gasteiger partial charge in [-0.15, -0.1) is 0 Å². The Morgan fingerprint density at radius 1 is 1.15 bits per heavy atom. The summed E-state index contributed by atoms with van der Waals surface area (Å²) >= 11 is 0. The summed E-state index contributed by atoms with van der Waals surface area (Å²) < 4.78 is 27.8. The van der Waals surface area contributed by atoms with Crippen molar-refractivity contribution in [3.05, 3.63) is 29.8 Å². The Balaban J connectivity index is 1.74. The minimum atomic E-state index is -3.68. The molecule has 1 aromatic carbocycles. The number of carbonyl (C=O) groups excluding carboxylic acids is 1. The van der Waals surface area contributed by atoms with Gasteiger partial charge < -0.3 is 10.4 Å². The molecule has 26 heavy (non-hydrogen) atoms. The van der Waals surface area contributed by atoms with Crippen LogP contribution in [0.25, 0.3) is 0 Å². The van der Waals surface area contributed by atoms with Gasteiger partial charge in [-0.1, -0.05) is 18.9 Å². The topological polar surface area (TPSA) is 113 Å². The maximum Gasteiger partial charge on any atom is 0.305 e. The van der Waals surface area contributed by atoms with Crippen molar-refractivity contribution in [1.29, 1.82) is 0 Å². The molecule has 0 aromatic heterocycles. The van der Waals surface area contributed by atoms with Crippen LogP contribution in [0.3, 0.4) is 0 Å². The monoisotopic (exact) mass is 380 g/mol. The molecular weight excluding hydrogens is 356 g/mol. The fraction of sp³-hybridized carbons (Fsp3) is 0.556. The number of carboxylic acids is 1. The molecule has 1 aromatic rings. The van der Waals surface area contributed by atoms with E-state index >= 15 is 0 Å². The third-order valence-electron chi connectivity index (χ3n) is 5.26. The molecule has 3 rings (SSSR count). The zero-order chi connectivity index (χ0) is 18.8. The number of rotatable bonds is 7. The van der Waals surface area contributed by atoms with Gasteiger partial charge in [-0.2, -0.15) is 0 Å². The molecule has 0 atom stereocenters. The SMILES string of the molecule is O=C(O)CC1(NC(=O)c2cccc(S(=O)(=O)NC3CCCC3)c2)CCC1. The summed E-state index contributed by atoms with van der Waals surface area (Å²) in [6.45, 7) is 0. The van der Waals surface area contributed by atoms with Crippen molar-refractivity contribution in [2.75, 3.05) is 0 Å². The van der Waals surface area contributed by atoms with Crippen LogP contribution in [0.1, 0.15) is 61.7 Å². The van der Waals surface area contributed by atoms with E-state index < -0.39 is 27.4 Å². The average Bonchev–Trinajstić information content (AvgIpc) is 3.04. The molecule has 2 saturated carbocycles. The fourth-order valence-corrected chi connectivity index (χ4v) is 5.04. The summed E-state index contributed by atoms with van der Waals surface area (Å²) in [7, 11) is -3.68. The van der Waals surface area contributed by atoms with Gasteiger partial charge in [-0.25, -0.2) is 13.1 Å². The van der Waals surface area contributed by atoms with E-state index in [1.165, 1.54) is 24.3 Å². The van der Waals surface area contributed by atoms with E-state index in [9.17, 15) is 18.0 Å². The number of benzene rings is 1. The van der Waals surface area contributed by atoms with Crippen LogP contribution in [0.5, 0.6) is 0 Å². The highest BCUT2D eigenvalue weighted by molar-refractivity contribution is 7.89. The molecule has 8 heteroatoms. The molecule has 0 radical (unpaired) electrons. The zero-order valence-corrected chi connectivity index (χ0v) is 15.3. The lowest BCUT2D eigenvalue weighted by Gasteiger charge is -2.41. The third kappa shape index (κ3) is 4.24. The molecule has 2 aliphatic carbocycles. The van der Waals surface area contributed by atoms with Crippen LogP contribution in [0.2, 0.25) is 0 Å². The van der Waals surface area contributed by atoms with E-state index in [0.717, 1.165) is 32.1 Å². The smallest absolute Gasteiger partial charge is 0.305 e. The standard InChI is InChI=1S/C18H24N2O5S/c21-16(22)12-18(9-4-10-18)19-17(23)13-5-3-8-15(11-13)26(24,25)20-14-6-1-2-7-14/h3,5,8,11,14,20H,1-2,4,6-7,9-10,12H2,(H,19,23)(H,21,22). The molecule has 7 nitrogen and oxygen atoms in total. The molecule has 0 aliphatic heterocycles. The van der Waals surface area contributed by atoms with E-state index in [1.807, 2.05) is 0 Å². The number of hydrogen-bond acceptors (Lipinski definition) is 4. The molecule has 0 saturated heterocycles. The summed E-state index contributed by atoms with van der Waals surface area (Å²) in [6, 6.07) is 5.83. The second-order valence-electron chi connectivity index (χ2n) is 7.29. The first-order chi connectivity index (χ1) is 12.3. The summed E-state index contributed by atoms with van der Waals surface area (Å²) in [6.07, 6.45) is 5.67. The van der Waals surface area contributed by atoms with E-state index in [1.54, 1.807) is 0 Å². The lowest BCUT2D eigenvalue weighted by molar-refractivity contribution is -0.139. The Bertz CT molecular complexity index is 796. The predicted octanol–water partition coefficient (Wildman–Crippen LogP) is 2.03. The van der Waals surface area contributed by atoms with Gasteiger partial charge in [0.1, 0.15) is 0 Å². The molecule has 3 N–H and O–H groups in total. The van der Waals surface area contributed by atoms with Crippen molar-refractivity contribution in [3.63, 3.8) is 0 Å². The summed E-state index contributed by atoms with van der Waals surface area (Å²) in [5.41, 5.74) is -0.504. The lowest BCUT2D eigenvalue weighted by atomic mass is 9.74. The summed E-state index contributed by atoms with van der Waals surface area (Å²) in [4.78, 5) is 23.6. The van der Waals surface area contributed by atoms with Crippen LogP contribution in [-0.2, 0) is 14.8 Å². The summed E-state index contributed by atoms with van der Waals surface area (Å²) in [5.74, 6) is -1.40. The molecule has 0 unspecified atom stereocenters. The van der Waals surface area contributed by atoms with Crippen molar-refractivity contribution in [2.24, 2.45) is 0 Å². The van der Waals surface area contributed by atoms with Crippen LogP contribution < -0.4 is 10.0 Å². The highest BCUT2D eigenvalue weighted by Gasteiger charge is 2.40. The summed E-state index contributed by atoms with van der Waals surface area (Å²) in [5, 5.41) is 11.8. The number of carbonyl (C=O) groups is 2.